The summed E-state index contributed by atoms with van der Waals surface area (Å²) in [6.45, 7) is 2.16. The van der Waals surface area contributed by atoms with Crippen molar-refractivity contribution in [2.45, 2.75) is 26.2 Å². The zero-order valence-corrected chi connectivity index (χ0v) is 10.2. The smallest absolute Gasteiger partial charge is 0.150 e. The van der Waals surface area contributed by atoms with E-state index in [2.05, 4.69) is 11.9 Å². The number of carbonyl (C=O) groups is 1. The number of benzene rings is 1. The zero-order chi connectivity index (χ0) is 12.3. The summed E-state index contributed by atoms with van der Waals surface area (Å²) in [7, 11) is 0. The molecule has 0 aliphatic rings. The Bertz CT molecular complexity index is 389. The molecule has 2 rings (SSSR count). The molecule has 0 atom stereocenters. The average Bonchev–Trinajstić information content (AvgIpc) is 2.95. The third-order valence-electron chi connectivity index (χ3n) is 2.48. The van der Waals surface area contributed by atoms with Crippen molar-refractivity contribution in [2.75, 3.05) is 0 Å². The van der Waals surface area contributed by atoms with Crippen molar-refractivity contribution in [1.29, 1.82) is 0 Å². The van der Waals surface area contributed by atoms with E-state index in [-0.39, 0.29) is 0 Å². The maximum atomic E-state index is 10.6. The quantitative estimate of drug-likeness (QED) is 0.793. The predicted octanol–water partition coefficient (Wildman–Crippen LogP) is 3.86. The van der Waals surface area contributed by atoms with Crippen LogP contribution in [0.2, 0.25) is 0 Å². The van der Waals surface area contributed by atoms with E-state index >= 15 is 0 Å². The molecular weight excluding hydrogens is 210 g/mol. The minimum Gasteiger partial charge on any atom is -0.368 e. The van der Waals surface area contributed by atoms with Crippen molar-refractivity contribution in [3.8, 4) is 0 Å². The number of hydrogen-bond donors (Lipinski definition) is 1. The summed E-state index contributed by atoms with van der Waals surface area (Å²) in [6, 6.07) is 11.7. The Labute approximate surface area is 103 Å². The van der Waals surface area contributed by atoms with Crippen LogP contribution in [-0.2, 0) is 6.42 Å². The number of unbranched alkanes of at least 4 members (excludes halogenated alkanes) is 1. The number of aldehydes is 1. The molecule has 0 saturated carbocycles. The molecular formula is C15H19NO. The van der Waals surface area contributed by atoms with Gasteiger partial charge in [0.05, 0.1) is 0 Å². The number of carbonyl (C=O) groups excluding carboxylic acids is 1. The molecule has 90 valence electrons. The van der Waals surface area contributed by atoms with Crippen LogP contribution in [0.5, 0.6) is 0 Å². The van der Waals surface area contributed by atoms with Crippen molar-refractivity contribution in [2.24, 2.45) is 0 Å². The second-order valence-corrected chi connectivity index (χ2v) is 3.81. The molecule has 1 heterocycles. The van der Waals surface area contributed by atoms with Crippen LogP contribution in [0.4, 0.5) is 0 Å². The van der Waals surface area contributed by atoms with E-state index in [0.29, 0.717) is 0 Å². The Balaban J connectivity index is 0.000000239. The second kappa shape index (κ2) is 8.34. The Kier molecular flexibility index (Phi) is 6.49. The fourth-order valence-electron chi connectivity index (χ4n) is 1.52. The van der Waals surface area contributed by atoms with Crippen molar-refractivity contribution in [3.05, 3.63) is 59.9 Å². The number of rotatable bonds is 4. The van der Waals surface area contributed by atoms with Crippen LogP contribution >= 0.6 is 0 Å². The number of aryl methyl sites for hydroxylation is 1. The summed E-state index contributed by atoms with van der Waals surface area (Å²) < 4.78 is 0. The molecule has 17 heavy (non-hydrogen) atoms. The Morgan fingerprint density at radius 3 is 2.35 bits per heavy atom. The first-order chi connectivity index (χ1) is 8.38. The molecule has 0 unspecified atom stereocenters. The lowest BCUT2D eigenvalue weighted by molar-refractivity contribution is 0.112. The van der Waals surface area contributed by atoms with Gasteiger partial charge < -0.3 is 4.98 Å². The summed E-state index contributed by atoms with van der Waals surface area (Å²) in [4.78, 5) is 13.5. The zero-order valence-electron chi connectivity index (χ0n) is 10.2. The molecule has 0 aliphatic carbocycles. The molecule has 1 aromatic heterocycles. The second-order valence-electron chi connectivity index (χ2n) is 3.81. The molecule has 0 radical (unpaired) electrons. The molecule has 1 aromatic carbocycles. The standard InChI is InChI=1S/C11H14O.C4H5N/c1-2-3-6-10-7-4-5-8-11(10)9-12;1-2-4-5-3-1/h4-5,7-9H,2-3,6H2,1H3;1-5H. The van der Waals surface area contributed by atoms with Crippen LogP contribution in [0.25, 0.3) is 0 Å². The van der Waals surface area contributed by atoms with Gasteiger partial charge in [-0.3, -0.25) is 4.79 Å². The van der Waals surface area contributed by atoms with Crippen LogP contribution in [0, 0.1) is 0 Å². The number of aromatic nitrogens is 1. The first-order valence-corrected chi connectivity index (χ1v) is 5.99. The minimum absolute atomic E-state index is 0.839. The molecule has 0 fully saturated rings. The number of H-pyrrole nitrogens is 1. The molecule has 1 N–H and O–H groups in total. The lowest BCUT2D eigenvalue weighted by atomic mass is 10.0. The largest absolute Gasteiger partial charge is 0.368 e. The van der Waals surface area contributed by atoms with Gasteiger partial charge in [0.15, 0.2) is 0 Å². The van der Waals surface area contributed by atoms with Gasteiger partial charge in [0.1, 0.15) is 6.29 Å². The number of aromatic amines is 1. The van der Waals surface area contributed by atoms with E-state index in [1.165, 1.54) is 12.0 Å². The van der Waals surface area contributed by atoms with Gasteiger partial charge >= 0.3 is 0 Å². The molecule has 2 nitrogen and oxygen atoms in total. The monoisotopic (exact) mass is 229 g/mol. The average molecular weight is 229 g/mol. The van der Waals surface area contributed by atoms with Gasteiger partial charge in [-0.25, -0.2) is 0 Å². The highest BCUT2D eigenvalue weighted by molar-refractivity contribution is 5.77. The van der Waals surface area contributed by atoms with E-state index in [4.69, 9.17) is 0 Å². The summed E-state index contributed by atoms with van der Waals surface area (Å²) >= 11 is 0. The van der Waals surface area contributed by atoms with Gasteiger partial charge in [-0.2, -0.15) is 0 Å². The highest BCUT2D eigenvalue weighted by Gasteiger charge is 1.98. The summed E-state index contributed by atoms with van der Waals surface area (Å²) in [5.74, 6) is 0. The molecule has 0 saturated heterocycles. The molecule has 0 amide bonds. The summed E-state index contributed by atoms with van der Waals surface area (Å²) in [5, 5.41) is 0. The predicted molar refractivity (Wildman–Crippen MR) is 71.2 cm³/mol. The van der Waals surface area contributed by atoms with Crippen LogP contribution in [-0.4, -0.2) is 11.3 Å². The molecule has 0 bridgehead atoms. The SMILES string of the molecule is CCCCc1ccccc1C=O.c1cc[nH]c1. The van der Waals surface area contributed by atoms with Crippen LogP contribution in [0.1, 0.15) is 35.7 Å². The first-order valence-electron chi connectivity index (χ1n) is 5.99. The fourth-order valence-corrected chi connectivity index (χ4v) is 1.52. The van der Waals surface area contributed by atoms with Crippen molar-refractivity contribution >= 4 is 6.29 Å². The highest BCUT2D eigenvalue weighted by Crippen LogP contribution is 2.09. The van der Waals surface area contributed by atoms with E-state index in [1.54, 1.807) is 0 Å². The Hall–Kier alpha value is -1.83. The fraction of sp³-hybridized carbons (Fsp3) is 0.267. The van der Waals surface area contributed by atoms with Gasteiger partial charge in [0.25, 0.3) is 0 Å². The van der Waals surface area contributed by atoms with Gasteiger partial charge in [-0.15, -0.1) is 0 Å². The van der Waals surface area contributed by atoms with Crippen molar-refractivity contribution in [3.63, 3.8) is 0 Å². The third kappa shape index (κ3) is 5.16. The molecule has 2 aromatic rings. The van der Waals surface area contributed by atoms with Gasteiger partial charge in [0, 0.05) is 18.0 Å². The summed E-state index contributed by atoms with van der Waals surface area (Å²) in [6.07, 6.45) is 8.04. The van der Waals surface area contributed by atoms with E-state index in [1.807, 2.05) is 48.8 Å². The van der Waals surface area contributed by atoms with Crippen molar-refractivity contribution < 1.29 is 4.79 Å². The third-order valence-corrected chi connectivity index (χ3v) is 2.48. The Morgan fingerprint density at radius 2 is 1.82 bits per heavy atom. The van der Waals surface area contributed by atoms with Crippen molar-refractivity contribution in [1.82, 2.24) is 4.98 Å². The maximum absolute atomic E-state index is 10.6. The topological polar surface area (TPSA) is 32.9 Å². The maximum Gasteiger partial charge on any atom is 0.150 e. The normalized spacial score (nSPS) is 9.24. The van der Waals surface area contributed by atoms with Crippen LogP contribution in [0.15, 0.2) is 48.8 Å². The molecule has 0 spiro atoms. The van der Waals surface area contributed by atoms with E-state index in [9.17, 15) is 4.79 Å². The van der Waals surface area contributed by atoms with Gasteiger partial charge in [-0.05, 0) is 30.5 Å². The van der Waals surface area contributed by atoms with Crippen LogP contribution < -0.4 is 0 Å². The van der Waals surface area contributed by atoms with Gasteiger partial charge in [0.2, 0.25) is 0 Å². The van der Waals surface area contributed by atoms with E-state index < -0.39 is 0 Å². The minimum atomic E-state index is 0.839. The first kappa shape index (κ1) is 13.2. The summed E-state index contributed by atoms with van der Waals surface area (Å²) in [5.41, 5.74) is 2.01. The van der Waals surface area contributed by atoms with Crippen LogP contribution in [0.3, 0.4) is 0 Å². The highest BCUT2D eigenvalue weighted by atomic mass is 16.1. The number of hydrogen-bond acceptors (Lipinski definition) is 1. The van der Waals surface area contributed by atoms with Gasteiger partial charge in [-0.1, -0.05) is 37.6 Å². The Morgan fingerprint density at radius 1 is 1.12 bits per heavy atom. The lowest BCUT2D eigenvalue weighted by Gasteiger charge is -2.01. The van der Waals surface area contributed by atoms with E-state index in [0.717, 1.165) is 24.7 Å². The number of nitrogens with one attached hydrogen (secondary N) is 1. The molecule has 0 aliphatic heterocycles. The molecule has 2 heteroatoms. The lowest BCUT2D eigenvalue weighted by Crippen LogP contribution is -1.91.